The zero-order valence-corrected chi connectivity index (χ0v) is 17.7. The van der Waals surface area contributed by atoms with Gasteiger partial charge in [-0.2, -0.15) is 0 Å². The van der Waals surface area contributed by atoms with Crippen LogP contribution in [0.5, 0.6) is 0 Å². The van der Waals surface area contributed by atoms with E-state index in [9.17, 15) is 14.4 Å². The summed E-state index contributed by atoms with van der Waals surface area (Å²) >= 11 is 12.1. The van der Waals surface area contributed by atoms with Gasteiger partial charge in [0.2, 0.25) is 11.8 Å². The van der Waals surface area contributed by atoms with Crippen LogP contribution in [0.25, 0.3) is 0 Å². The summed E-state index contributed by atoms with van der Waals surface area (Å²) in [5, 5.41) is 6.31. The van der Waals surface area contributed by atoms with Crippen molar-refractivity contribution in [3.8, 4) is 0 Å². The average molecular weight is 454 g/mol. The van der Waals surface area contributed by atoms with E-state index in [1.54, 1.807) is 72.8 Å². The summed E-state index contributed by atoms with van der Waals surface area (Å²) in [6.45, 7) is 0. The standard InChI is InChI=1S/C23H17Cl2N3O3/c24-14-9-11-15(12-10-14)26-21(29)13-20-22(30)27-18-7-3-4-8-19(18)28(20)23(31)16-5-1-2-6-17(16)25/h1-12,20H,13H2,(H,26,29)(H,27,30)/t20-/m0/s1. The van der Waals surface area contributed by atoms with E-state index < -0.39 is 23.8 Å². The number of anilines is 3. The van der Waals surface area contributed by atoms with Crippen LogP contribution in [0.2, 0.25) is 10.0 Å². The molecule has 1 heterocycles. The maximum Gasteiger partial charge on any atom is 0.260 e. The number of para-hydroxylation sites is 2. The molecule has 0 unspecified atom stereocenters. The maximum atomic E-state index is 13.4. The highest BCUT2D eigenvalue weighted by atomic mass is 35.5. The lowest BCUT2D eigenvalue weighted by molar-refractivity contribution is -0.122. The molecule has 4 rings (SSSR count). The quantitative estimate of drug-likeness (QED) is 0.583. The molecule has 1 aliphatic heterocycles. The van der Waals surface area contributed by atoms with E-state index in [1.807, 2.05) is 0 Å². The smallest absolute Gasteiger partial charge is 0.260 e. The number of rotatable bonds is 4. The summed E-state index contributed by atoms with van der Waals surface area (Å²) in [7, 11) is 0. The zero-order valence-electron chi connectivity index (χ0n) is 16.1. The molecule has 0 fully saturated rings. The second-order valence-electron chi connectivity index (χ2n) is 6.94. The Balaban J connectivity index is 1.66. The van der Waals surface area contributed by atoms with Gasteiger partial charge in [-0.3, -0.25) is 19.3 Å². The third-order valence-corrected chi connectivity index (χ3v) is 5.45. The van der Waals surface area contributed by atoms with Crippen molar-refractivity contribution >= 4 is 58.0 Å². The summed E-state index contributed by atoms with van der Waals surface area (Å²) in [6.07, 6.45) is -0.237. The number of carbonyl (C=O) groups is 3. The molecule has 2 N–H and O–H groups in total. The summed E-state index contributed by atoms with van der Waals surface area (Å²) in [6, 6.07) is 19.1. The van der Waals surface area contributed by atoms with Crippen LogP contribution in [0, 0.1) is 0 Å². The number of benzene rings is 3. The van der Waals surface area contributed by atoms with E-state index in [0.717, 1.165) is 0 Å². The predicted molar refractivity (Wildman–Crippen MR) is 122 cm³/mol. The summed E-state index contributed by atoms with van der Waals surface area (Å²) < 4.78 is 0. The minimum Gasteiger partial charge on any atom is -0.326 e. The van der Waals surface area contributed by atoms with Crippen LogP contribution in [0.3, 0.4) is 0 Å². The van der Waals surface area contributed by atoms with E-state index in [4.69, 9.17) is 23.2 Å². The van der Waals surface area contributed by atoms with Crippen LogP contribution in [-0.4, -0.2) is 23.8 Å². The van der Waals surface area contributed by atoms with Gasteiger partial charge in [-0.05, 0) is 48.5 Å². The lowest BCUT2D eigenvalue weighted by Gasteiger charge is -2.36. The fraction of sp³-hybridized carbons (Fsp3) is 0.0870. The van der Waals surface area contributed by atoms with Gasteiger partial charge in [-0.25, -0.2) is 0 Å². The van der Waals surface area contributed by atoms with Crippen LogP contribution >= 0.6 is 23.2 Å². The van der Waals surface area contributed by atoms with E-state index in [-0.39, 0.29) is 17.0 Å². The lowest BCUT2D eigenvalue weighted by atomic mass is 10.0. The molecule has 0 spiro atoms. The van der Waals surface area contributed by atoms with Crippen LogP contribution < -0.4 is 15.5 Å². The molecule has 0 bridgehead atoms. The number of amides is 3. The lowest BCUT2D eigenvalue weighted by Crippen LogP contribution is -2.52. The van der Waals surface area contributed by atoms with Gasteiger partial charge in [0.15, 0.2) is 0 Å². The van der Waals surface area contributed by atoms with Gasteiger partial charge in [0.05, 0.1) is 28.4 Å². The maximum absolute atomic E-state index is 13.4. The van der Waals surface area contributed by atoms with Crippen molar-refractivity contribution in [2.24, 2.45) is 0 Å². The van der Waals surface area contributed by atoms with Crippen molar-refractivity contribution in [3.63, 3.8) is 0 Å². The Morgan fingerprint density at radius 2 is 1.61 bits per heavy atom. The summed E-state index contributed by atoms with van der Waals surface area (Å²) in [5.41, 5.74) is 1.77. The minimum absolute atomic E-state index is 0.237. The Hall–Kier alpha value is -3.35. The van der Waals surface area contributed by atoms with Crippen molar-refractivity contribution in [1.29, 1.82) is 0 Å². The van der Waals surface area contributed by atoms with Gasteiger partial charge < -0.3 is 10.6 Å². The van der Waals surface area contributed by atoms with Crippen molar-refractivity contribution in [1.82, 2.24) is 0 Å². The molecule has 0 saturated heterocycles. The third kappa shape index (κ3) is 4.40. The van der Waals surface area contributed by atoms with E-state index >= 15 is 0 Å². The first-order chi connectivity index (χ1) is 14.9. The number of hydrogen-bond donors (Lipinski definition) is 2. The molecule has 3 aromatic carbocycles. The Labute approximate surface area is 188 Å². The first-order valence-electron chi connectivity index (χ1n) is 9.47. The molecular weight excluding hydrogens is 437 g/mol. The number of hydrogen-bond acceptors (Lipinski definition) is 3. The predicted octanol–water partition coefficient (Wildman–Crippen LogP) is 4.99. The number of fused-ring (bicyclic) bond motifs is 1. The Kier molecular flexibility index (Phi) is 5.93. The van der Waals surface area contributed by atoms with Gasteiger partial charge in [0.1, 0.15) is 6.04 Å². The monoisotopic (exact) mass is 453 g/mol. The fourth-order valence-corrected chi connectivity index (χ4v) is 3.75. The molecule has 0 aliphatic carbocycles. The summed E-state index contributed by atoms with van der Waals surface area (Å²) in [5.74, 6) is -1.33. The van der Waals surface area contributed by atoms with Crippen LogP contribution in [0.1, 0.15) is 16.8 Å². The SMILES string of the molecule is O=C(C[C@H]1C(=O)Nc2ccccc2N1C(=O)c1ccccc1Cl)Nc1ccc(Cl)cc1. The zero-order chi connectivity index (χ0) is 22.0. The second-order valence-corrected chi connectivity index (χ2v) is 7.78. The molecule has 3 aromatic rings. The summed E-state index contributed by atoms with van der Waals surface area (Å²) in [4.78, 5) is 40.4. The molecule has 6 nitrogen and oxygen atoms in total. The second kappa shape index (κ2) is 8.79. The highest BCUT2D eigenvalue weighted by Gasteiger charge is 2.39. The van der Waals surface area contributed by atoms with Gasteiger partial charge in [-0.15, -0.1) is 0 Å². The van der Waals surface area contributed by atoms with Crippen molar-refractivity contribution in [3.05, 3.63) is 88.4 Å². The third-order valence-electron chi connectivity index (χ3n) is 4.87. The Bertz CT molecular complexity index is 1160. The van der Waals surface area contributed by atoms with Gasteiger partial charge >= 0.3 is 0 Å². The molecule has 0 radical (unpaired) electrons. The van der Waals surface area contributed by atoms with E-state index in [0.29, 0.717) is 22.1 Å². The largest absolute Gasteiger partial charge is 0.326 e. The van der Waals surface area contributed by atoms with E-state index in [1.165, 1.54) is 4.90 Å². The molecule has 0 saturated carbocycles. The number of nitrogens with one attached hydrogen (secondary N) is 2. The van der Waals surface area contributed by atoms with Gasteiger partial charge in [0, 0.05) is 10.7 Å². The Morgan fingerprint density at radius 3 is 2.35 bits per heavy atom. The number of carbonyl (C=O) groups excluding carboxylic acids is 3. The molecule has 0 aromatic heterocycles. The Morgan fingerprint density at radius 1 is 0.935 bits per heavy atom. The fourth-order valence-electron chi connectivity index (χ4n) is 3.41. The molecule has 31 heavy (non-hydrogen) atoms. The molecule has 8 heteroatoms. The molecule has 1 atom stereocenters. The highest BCUT2D eigenvalue weighted by molar-refractivity contribution is 6.35. The average Bonchev–Trinajstić information content (AvgIpc) is 2.76. The molecule has 3 amide bonds. The van der Waals surface area contributed by atoms with E-state index in [2.05, 4.69) is 10.6 Å². The van der Waals surface area contributed by atoms with Crippen LogP contribution in [0.15, 0.2) is 72.8 Å². The van der Waals surface area contributed by atoms with Crippen molar-refractivity contribution < 1.29 is 14.4 Å². The van der Waals surface area contributed by atoms with Crippen LogP contribution in [-0.2, 0) is 9.59 Å². The number of halogens is 2. The van der Waals surface area contributed by atoms with Crippen molar-refractivity contribution in [2.75, 3.05) is 15.5 Å². The molecule has 156 valence electrons. The topological polar surface area (TPSA) is 78.5 Å². The first-order valence-corrected chi connectivity index (χ1v) is 10.2. The highest BCUT2D eigenvalue weighted by Crippen LogP contribution is 2.35. The van der Waals surface area contributed by atoms with Gasteiger partial charge in [-0.1, -0.05) is 47.5 Å². The molecular formula is C23H17Cl2N3O3. The normalized spacial score (nSPS) is 15.1. The minimum atomic E-state index is -1.05. The van der Waals surface area contributed by atoms with Crippen LogP contribution in [0.4, 0.5) is 17.1 Å². The van der Waals surface area contributed by atoms with Crippen molar-refractivity contribution in [2.45, 2.75) is 12.5 Å². The number of nitrogens with zero attached hydrogens (tertiary/aromatic N) is 1. The van der Waals surface area contributed by atoms with Gasteiger partial charge in [0.25, 0.3) is 5.91 Å². The first kappa shape index (κ1) is 20.9. The molecule has 1 aliphatic rings.